The minimum absolute atomic E-state index is 0.0674. The Bertz CT molecular complexity index is 1440. The summed E-state index contributed by atoms with van der Waals surface area (Å²) < 4.78 is 0. The molecular weight excluding hydrogens is 542 g/mol. The van der Waals surface area contributed by atoms with Crippen molar-refractivity contribution in [3.63, 3.8) is 0 Å². The van der Waals surface area contributed by atoms with Crippen LogP contribution in [0.1, 0.15) is 62.3 Å². The molecule has 3 saturated heterocycles. The van der Waals surface area contributed by atoms with Gasteiger partial charge < -0.3 is 31.1 Å². The van der Waals surface area contributed by atoms with E-state index >= 15 is 0 Å². The summed E-state index contributed by atoms with van der Waals surface area (Å²) in [5, 5.41) is 6.19. The van der Waals surface area contributed by atoms with Crippen molar-refractivity contribution in [3.8, 4) is 0 Å². The molecule has 2 unspecified atom stereocenters. The zero-order valence-electron chi connectivity index (χ0n) is 24.5. The van der Waals surface area contributed by atoms with Gasteiger partial charge in [-0.2, -0.15) is 0 Å². The van der Waals surface area contributed by atoms with Crippen molar-refractivity contribution in [1.82, 2.24) is 20.5 Å². The van der Waals surface area contributed by atoms with Crippen molar-refractivity contribution >= 4 is 29.2 Å². The molecule has 2 bridgehead atoms. The molecule has 2 aromatic carbocycles. The fourth-order valence-corrected chi connectivity index (χ4v) is 6.57. The number of amides is 3. The van der Waals surface area contributed by atoms with Crippen LogP contribution in [0.15, 0.2) is 66.9 Å². The maximum absolute atomic E-state index is 12.9. The van der Waals surface area contributed by atoms with Crippen molar-refractivity contribution in [2.75, 3.05) is 43.0 Å². The van der Waals surface area contributed by atoms with Gasteiger partial charge in [-0.1, -0.05) is 12.1 Å². The van der Waals surface area contributed by atoms with Gasteiger partial charge in [-0.05, 0) is 86.8 Å². The van der Waals surface area contributed by atoms with Gasteiger partial charge in [0.15, 0.2) is 0 Å². The molecule has 0 spiro atoms. The smallest absolute Gasteiger partial charge is 0.253 e. The molecule has 2 atom stereocenters. The standard InChI is InChI=1S/C33H39N7O3/c1-38-14-16-39(17-15-38)27-9-2-22(3-10-27)20-36-32(42)25-8-13-30(35-21-25)40-28-11-12-29(40)19-26(18-28)37-33(43)24-6-4-23(5-7-24)31(34)41/h2-10,13,21,26,28-29H,11-12,14-20H2,1H3,(H2,34,41)(H,36,42)(H,37,43). The van der Waals surface area contributed by atoms with Gasteiger partial charge in [0.25, 0.3) is 11.8 Å². The van der Waals surface area contributed by atoms with Crippen LogP contribution < -0.4 is 26.2 Å². The van der Waals surface area contributed by atoms with E-state index in [2.05, 4.69) is 61.6 Å². The quantitative estimate of drug-likeness (QED) is 0.374. The summed E-state index contributed by atoms with van der Waals surface area (Å²) >= 11 is 0. The number of rotatable bonds is 8. The van der Waals surface area contributed by atoms with Crippen LogP contribution in [-0.2, 0) is 6.54 Å². The number of anilines is 2. The first kappa shape index (κ1) is 28.7. The zero-order chi connectivity index (χ0) is 29.9. The van der Waals surface area contributed by atoms with Crippen molar-refractivity contribution < 1.29 is 14.4 Å². The van der Waals surface area contributed by atoms with Gasteiger partial charge >= 0.3 is 0 Å². The van der Waals surface area contributed by atoms with Crippen LogP contribution in [0.3, 0.4) is 0 Å². The highest BCUT2D eigenvalue weighted by molar-refractivity contribution is 5.97. The fraction of sp³-hybridized carbons (Fsp3) is 0.394. The van der Waals surface area contributed by atoms with Gasteiger partial charge in [-0.3, -0.25) is 14.4 Å². The third-order valence-corrected chi connectivity index (χ3v) is 9.03. The summed E-state index contributed by atoms with van der Waals surface area (Å²) in [5.41, 5.74) is 9.01. The number of nitrogens with one attached hydrogen (secondary N) is 2. The number of likely N-dealkylation sites (N-methyl/N-ethyl adjacent to an activating group) is 1. The maximum Gasteiger partial charge on any atom is 0.253 e. The lowest BCUT2D eigenvalue weighted by Gasteiger charge is -2.40. The predicted molar refractivity (Wildman–Crippen MR) is 166 cm³/mol. The number of hydrogen-bond donors (Lipinski definition) is 3. The molecule has 4 heterocycles. The Balaban J connectivity index is 1.00. The molecule has 6 rings (SSSR count). The van der Waals surface area contributed by atoms with Crippen molar-refractivity contribution in [3.05, 3.63) is 89.1 Å². The second-order valence-corrected chi connectivity index (χ2v) is 11.9. The molecule has 4 N–H and O–H groups in total. The second kappa shape index (κ2) is 12.4. The van der Waals surface area contributed by atoms with E-state index in [1.807, 2.05) is 12.1 Å². The largest absolute Gasteiger partial charge is 0.369 e. The molecule has 0 aliphatic carbocycles. The Kier molecular flexibility index (Phi) is 8.29. The number of nitrogens with two attached hydrogens (primary N) is 1. The Morgan fingerprint density at radius 2 is 1.44 bits per heavy atom. The lowest BCUT2D eigenvalue weighted by Crippen LogP contribution is -2.50. The Morgan fingerprint density at radius 1 is 0.814 bits per heavy atom. The number of carbonyl (C=O) groups excluding carboxylic acids is 3. The van der Waals surface area contributed by atoms with Gasteiger partial charge in [0.1, 0.15) is 5.82 Å². The molecular formula is C33H39N7O3. The molecule has 0 radical (unpaired) electrons. The zero-order valence-corrected chi connectivity index (χ0v) is 24.5. The van der Waals surface area contributed by atoms with Crippen LogP contribution in [0.2, 0.25) is 0 Å². The van der Waals surface area contributed by atoms with Gasteiger partial charge in [0, 0.05) is 73.9 Å². The SMILES string of the molecule is CN1CCN(c2ccc(CNC(=O)c3ccc(N4C5CCC4CC(NC(=O)c4ccc(C(N)=O)cc4)C5)nc3)cc2)CC1. The third-order valence-electron chi connectivity index (χ3n) is 9.03. The molecule has 3 aromatic rings. The van der Waals surface area contributed by atoms with Crippen LogP contribution in [0.4, 0.5) is 11.5 Å². The van der Waals surface area contributed by atoms with E-state index in [0.29, 0.717) is 23.2 Å². The maximum atomic E-state index is 12.9. The number of aromatic nitrogens is 1. The summed E-state index contributed by atoms with van der Waals surface area (Å²) in [6.07, 6.45) is 5.41. The van der Waals surface area contributed by atoms with Crippen LogP contribution in [0.5, 0.6) is 0 Å². The first-order chi connectivity index (χ1) is 20.8. The number of hydrogen-bond acceptors (Lipinski definition) is 7. The molecule has 3 aliphatic heterocycles. The average molecular weight is 582 g/mol. The summed E-state index contributed by atoms with van der Waals surface area (Å²) in [7, 11) is 2.15. The summed E-state index contributed by atoms with van der Waals surface area (Å²) in [4.78, 5) is 48.8. The monoisotopic (exact) mass is 581 g/mol. The highest BCUT2D eigenvalue weighted by Gasteiger charge is 2.41. The lowest BCUT2D eigenvalue weighted by atomic mass is 9.96. The van der Waals surface area contributed by atoms with E-state index in [0.717, 1.165) is 63.2 Å². The van der Waals surface area contributed by atoms with Crippen LogP contribution in [0, 0.1) is 0 Å². The molecule has 10 nitrogen and oxygen atoms in total. The van der Waals surface area contributed by atoms with Gasteiger partial charge in [-0.25, -0.2) is 4.98 Å². The number of primary amides is 1. The number of nitrogens with zero attached hydrogens (tertiary/aromatic N) is 4. The van der Waals surface area contributed by atoms with E-state index < -0.39 is 5.91 Å². The van der Waals surface area contributed by atoms with E-state index in [1.165, 1.54) is 5.69 Å². The Hall–Kier alpha value is -4.44. The number of piperazine rings is 1. The van der Waals surface area contributed by atoms with Crippen molar-refractivity contribution in [2.45, 2.75) is 50.4 Å². The van der Waals surface area contributed by atoms with E-state index in [1.54, 1.807) is 30.5 Å². The summed E-state index contributed by atoms with van der Waals surface area (Å²) in [6, 6.07) is 19.2. The van der Waals surface area contributed by atoms with Gasteiger partial charge in [-0.15, -0.1) is 0 Å². The van der Waals surface area contributed by atoms with Gasteiger partial charge in [0.2, 0.25) is 5.91 Å². The Morgan fingerprint density at radius 3 is 2.05 bits per heavy atom. The molecule has 224 valence electrons. The summed E-state index contributed by atoms with van der Waals surface area (Å²) in [6.45, 7) is 4.66. The number of piperidine rings is 1. The lowest BCUT2D eigenvalue weighted by molar-refractivity contribution is 0.0923. The van der Waals surface area contributed by atoms with Crippen LogP contribution >= 0.6 is 0 Å². The highest BCUT2D eigenvalue weighted by Crippen LogP contribution is 2.38. The molecule has 3 fully saturated rings. The van der Waals surface area contributed by atoms with Crippen molar-refractivity contribution in [2.24, 2.45) is 5.73 Å². The molecule has 3 amide bonds. The third kappa shape index (κ3) is 6.49. The van der Waals surface area contributed by atoms with E-state index in [4.69, 9.17) is 5.73 Å². The summed E-state index contributed by atoms with van der Waals surface area (Å²) in [5.74, 6) is 0.0692. The predicted octanol–water partition coefficient (Wildman–Crippen LogP) is 2.79. The van der Waals surface area contributed by atoms with Gasteiger partial charge in [0.05, 0.1) is 5.56 Å². The first-order valence-corrected chi connectivity index (χ1v) is 15.1. The second-order valence-electron chi connectivity index (χ2n) is 11.9. The topological polar surface area (TPSA) is 124 Å². The minimum Gasteiger partial charge on any atom is -0.369 e. The van der Waals surface area contributed by atoms with E-state index in [-0.39, 0.29) is 29.9 Å². The molecule has 10 heteroatoms. The highest BCUT2D eigenvalue weighted by atomic mass is 16.2. The van der Waals surface area contributed by atoms with Crippen LogP contribution in [0.25, 0.3) is 0 Å². The number of benzene rings is 2. The number of pyridine rings is 1. The fourth-order valence-electron chi connectivity index (χ4n) is 6.57. The number of carbonyl (C=O) groups is 3. The first-order valence-electron chi connectivity index (χ1n) is 15.1. The van der Waals surface area contributed by atoms with E-state index in [9.17, 15) is 14.4 Å². The van der Waals surface area contributed by atoms with Crippen LogP contribution in [-0.4, -0.2) is 79.0 Å². The van der Waals surface area contributed by atoms with Crippen molar-refractivity contribution in [1.29, 1.82) is 0 Å². The molecule has 43 heavy (non-hydrogen) atoms. The molecule has 1 aromatic heterocycles. The molecule has 0 saturated carbocycles. The number of fused-ring (bicyclic) bond motifs is 2. The molecule has 3 aliphatic rings. The normalized spacial score (nSPS) is 21.8. The Labute approximate surface area is 252 Å². The minimum atomic E-state index is -0.513. The average Bonchev–Trinajstić information content (AvgIpc) is 3.30.